The van der Waals surface area contributed by atoms with Crippen molar-refractivity contribution in [1.82, 2.24) is 9.97 Å². The summed E-state index contributed by atoms with van der Waals surface area (Å²) in [6.45, 7) is 3.39. The normalized spacial score (nSPS) is 19.3. The highest BCUT2D eigenvalue weighted by atomic mass is 16.5. The molecule has 0 aliphatic carbocycles. The van der Waals surface area contributed by atoms with Crippen LogP contribution in [-0.4, -0.2) is 47.3 Å². The van der Waals surface area contributed by atoms with E-state index in [1.165, 1.54) is 0 Å². The molecule has 3 heterocycles. The van der Waals surface area contributed by atoms with E-state index in [1.54, 1.807) is 13.4 Å². The highest BCUT2D eigenvalue weighted by molar-refractivity contribution is 5.85. The molecule has 0 bridgehead atoms. The Balaban J connectivity index is 1.71. The number of aromatic nitrogens is 2. The van der Waals surface area contributed by atoms with Crippen LogP contribution in [0.2, 0.25) is 0 Å². The fraction of sp³-hybridized carbons (Fsp3) is 0.435. The van der Waals surface area contributed by atoms with E-state index in [1.807, 2.05) is 24.4 Å². The van der Waals surface area contributed by atoms with Crippen molar-refractivity contribution in [1.29, 1.82) is 0 Å². The molecule has 1 aliphatic heterocycles. The molecule has 4 rings (SSSR count). The zero-order valence-electron chi connectivity index (χ0n) is 17.4. The van der Waals surface area contributed by atoms with Crippen LogP contribution in [0.5, 0.6) is 0 Å². The number of piperidine rings is 1. The number of aryl methyl sites for hydroxylation is 1. The summed E-state index contributed by atoms with van der Waals surface area (Å²) in [4.78, 5) is 23.4. The van der Waals surface area contributed by atoms with Crippen molar-refractivity contribution in [3.8, 4) is 11.3 Å². The van der Waals surface area contributed by atoms with Crippen LogP contribution in [-0.2, 0) is 16.0 Å². The summed E-state index contributed by atoms with van der Waals surface area (Å²) in [6.07, 6.45) is 6.39. The van der Waals surface area contributed by atoms with Crippen molar-refractivity contribution < 1.29 is 19.1 Å². The molecule has 0 radical (unpaired) electrons. The molecular weight excluding hydrogens is 382 g/mol. The molecule has 0 spiro atoms. The first-order chi connectivity index (χ1) is 14.6. The van der Waals surface area contributed by atoms with Crippen LogP contribution < -0.4 is 4.90 Å². The third-order valence-electron chi connectivity index (χ3n) is 5.81. The van der Waals surface area contributed by atoms with Crippen LogP contribution >= 0.6 is 0 Å². The molecule has 2 atom stereocenters. The summed E-state index contributed by atoms with van der Waals surface area (Å²) in [5.41, 5.74) is 3.54. The lowest BCUT2D eigenvalue weighted by atomic mass is 9.91. The third-order valence-corrected chi connectivity index (χ3v) is 5.81. The number of methoxy groups -OCH3 is 1. The summed E-state index contributed by atoms with van der Waals surface area (Å²) >= 11 is 0. The number of hydrogen-bond donors (Lipinski definition) is 1. The molecule has 30 heavy (non-hydrogen) atoms. The van der Waals surface area contributed by atoms with E-state index in [2.05, 4.69) is 17.9 Å². The van der Waals surface area contributed by atoms with Gasteiger partial charge in [-0.25, -0.2) is 4.98 Å². The SMILES string of the molecule is COCCCc1cnc(-c2ccc3occc3c2)c(N2CCC(C(=O)O)CC2C)n1. The van der Waals surface area contributed by atoms with Crippen molar-refractivity contribution in [2.75, 3.05) is 25.2 Å². The Morgan fingerprint density at radius 1 is 1.37 bits per heavy atom. The predicted molar refractivity (Wildman–Crippen MR) is 115 cm³/mol. The monoisotopic (exact) mass is 409 g/mol. The number of aliphatic carboxylic acids is 1. The van der Waals surface area contributed by atoms with Gasteiger partial charge in [0.05, 0.1) is 17.9 Å². The lowest BCUT2D eigenvalue weighted by molar-refractivity contribution is -0.142. The second-order valence-corrected chi connectivity index (χ2v) is 7.91. The third kappa shape index (κ3) is 4.16. The van der Waals surface area contributed by atoms with E-state index in [-0.39, 0.29) is 12.0 Å². The fourth-order valence-electron chi connectivity index (χ4n) is 4.16. The minimum atomic E-state index is -0.716. The second-order valence-electron chi connectivity index (χ2n) is 7.91. The van der Waals surface area contributed by atoms with Gasteiger partial charge in [-0.1, -0.05) is 0 Å². The molecule has 0 saturated carbocycles. The van der Waals surface area contributed by atoms with Gasteiger partial charge in [-0.3, -0.25) is 9.78 Å². The van der Waals surface area contributed by atoms with E-state index in [0.717, 1.165) is 46.6 Å². The number of ether oxygens (including phenoxy) is 1. The Labute approximate surface area is 175 Å². The summed E-state index contributed by atoms with van der Waals surface area (Å²) < 4.78 is 10.6. The number of carbonyl (C=O) groups is 1. The number of fused-ring (bicyclic) bond motifs is 1. The minimum absolute atomic E-state index is 0.0692. The average molecular weight is 409 g/mol. The smallest absolute Gasteiger partial charge is 0.306 e. The molecule has 7 nitrogen and oxygen atoms in total. The number of nitrogens with zero attached hydrogens (tertiary/aromatic N) is 3. The number of furan rings is 1. The van der Waals surface area contributed by atoms with E-state index in [4.69, 9.17) is 19.1 Å². The zero-order valence-corrected chi connectivity index (χ0v) is 17.4. The van der Waals surface area contributed by atoms with Gasteiger partial charge in [-0.15, -0.1) is 0 Å². The number of benzene rings is 1. The highest BCUT2D eigenvalue weighted by Crippen LogP contribution is 2.34. The molecular formula is C23H27N3O4. The summed E-state index contributed by atoms with van der Waals surface area (Å²) in [5, 5.41) is 10.4. The van der Waals surface area contributed by atoms with E-state index in [0.29, 0.717) is 26.0 Å². The van der Waals surface area contributed by atoms with Crippen molar-refractivity contribution in [3.05, 3.63) is 42.4 Å². The quantitative estimate of drug-likeness (QED) is 0.586. The largest absolute Gasteiger partial charge is 0.481 e. The minimum Gasteiger partial charge on any atom is -0.481 e. The molecule has 7 heteroatoms. The molecule has 1 saturated heterocycles. The molecule has 2 aromatic heterocycles. The molecule has 3 aromatic rings. The topological polar surface area (TPSA) is 88.7 Å². The van der Waals surface area contributed by atoms with Crippen molar-refractivity contribution >= 4 is 22.8 Å². The van der Waals surface area contributed by atoms with Gasteiger partial charge in [0.1, 0.15) is 11.3 Å². The maximum atomic E-state index is 11.5. The van der Waals surface area contributed by atoms with E-state index >= 15 is 0 Å². The number of rotatable bonds is 7. The highest BCUT2D eigenvalue weighted by Gasteiger charge is 2.32. The summed E-state index contributed by atoms with van der Waals surface area (Å²) in [7, 11) is 1.69. The Bertz CT molecular complexity index is 1030. The van der Waals surface area contributed by atoms with Crippen LogP contribution in [0.4, 0.5) is 5.82 Å². The number of carboxylic acid groups (broad SMARTS) is 1. The average Bonchev–Trinajstić information content (AvgIpc) is 3.21. The number of anilines is 1. The van der Waals surface area contributed by atoms with Gasteiger partial charge in [-0.2, -0.15) is 0 Å². The first kappa shape index (κ1) is 20.3. The molecule has 1 fully saturated rings. The van der Waals surface area contributed by atoms with Gasteiger partial charge in [0.25, 0.3) is 0 Å². The maximum absolute atomic E-state index is 11.5. The Morgan fingerprint density at radius 3 is 3.00 bits per heavy atom. The van der Waals surface area contributed by atoms with Crippen LogP contribution in [0, 0.1) is 5.92 Å². The fourth-order valence-corrected chi connectivity index (χ4v) is 4.16. The zero-order chi connectivity index (χ0) is 21.1. The van der Waals surface area contributed by atoms with Gasteiger partial charge in [0.15, 0.2) is 5.82 Å². The predicted octanol–water partition coefficient (Wildman–Crippen LogP) is 4.16. The van der Waals surface area contributed by atoms with Crippen LogP contribution in [0.3, 0.4) is 0 Å². The number of carboxylic acids is 1. The maximum Gasteiger partial charge on any atom is 0.306 e. The Kier molecular flexibility index (Phi) is 5.99. The molecule has 1 aromatic carbocycles. The molecule has 2 unspecified atom stereocenters. The second kappa shape index (κ2) is 8.83. The van der Waals surface area contributed by atoms with Gasteiger partial charge >= 0.3 is 5.97 Å². The number of hydrogen-bond acceptors (Lipinski definition) is 6. The Morgan fingerprint density at radius 2 is 2.23 bits per heavy atom. The molecule has 0 amide bonds. The van der Waals surface area contributed by atoms with Crippen molar-refractivity contribution in [2.45, 2.75) is 38.6 Å². The van der Waals surface area contributed by atoms with E-state index in [9.17, 15) is 9.90 Å². The summed E-state index contributed by atoms with van der Waals surface area (Å²) in [6, 6.07) is 8.01. The van der Waals surface area contributed by atoms with Gasteiger partial charge in [0, 0.05) is 43.4 Å². The van der Waals surface area contributed by atoms with Crippen molar-refractivity contribution in [3.63, 3.8) is 0 Å². The van der Waals surface area contributed by atoms with Gasteiger partial charge in [-0.05, 0) is 56.9 Å². The molecule has 1 aliphatic rings. The lowest BCUT2D eigenvalue weighted by Gasteiger charge is -2.38. The van der Waals surface area contributed by atoms with Gasteiger partial charge < -0.3 is 19.2 Å². The lowest BCUT2D eigenvalue weighted by Crippen LogP contribution is -2.43. The first-order valence-corrected chi connectivity index (χ1v) is 10.4. The Hall–Kier alpha value is -2.93. The summed E-state index contributed by atoms with van der Waals surface area (Å²) in [5.74, 6) is -0.199. The van der Waals surface area contributed by atoms with Gasteiger partial charge in [0.2, 0.25) is 0 Å². The van der Waals surface area contributed by atoms with Crippen LogP contribution in [0.25, 0.3) is 22.2 Å². The van der Waals surface area contributed by atoms with Crippen LogP contribution in [0.1, 0.15) is 31.9 Å². The molecule has 1 N–H and O–H groups in total. The molecule has 158 valence electrons. The van der Waals surface area contributed by atoms with E-state index < -0.39 is 5.97 Å². The van der Waals surface area contributed by atoms with Crippen LogP contribution in [0.15, 0.2) is 41.1 Å². The van der Waals surface area contributed by atoms with Crippen molar-refractivity contribution in [2.24, 2.45) is 5.92 Å². The first-order valence-electron chi connectivity index (χ1n) is 10.4. The standard InChI is InChI=1S/C23H27N3O4/c1-15-12-18(23(27)28)7-9-26(15)22-21(24-14-19(25-22)4-3-10-29-2)17-5-6-20-16(13-17)8-11-30-20/h5-6,8,11,13-15,18H,3-4,7,9-10,12H2,1-2H3,(H,27,28).